The number of rotatable bonds is 6. The topological polar surface area (TPSA) is 66.9 Å². The highest BCUT2D eigenvalue weighted by Crippen LogP contribution is 2.32. The number of anilines is 2. The maximum absolute atomic E-state index is 11.9. The molecule has 2 N–H and O–H groups in total. The van der Waals surface area contributed by atoms with Crippen LogP contribution in [0.3, 0.4) is 0 Å². The van der Waals surface area contributed by atoms with Gasteiger partial charge in [0.1, 0.15) is 0 Å². The van der Waals surface area contributed by atoms with Crippen LogP contribution in [-0.4, -0.2) is 27.4 Å². The van der Waals surface area contributed by atoms with Gasteiger partial charge in [0, 0.05) is 6.04 Å². The molecule has 0 spiro atoms. The molecule has 1 aromatic carbocycles. The molecule has 3 rings (SSSR count). The number of hydrogen-bond donors (Lipinski definition) is 2. The quantitative estimate of drug-likeness (QED) is 0.774. The zero-order chi connectivity index (χ0) is 15.5. The zero-order valence-electron chi connectivity index (χ0n) is 11.9. The van der Waals surface area contributed by atoms with Gasteiger partial charge in [-0.15, -0.1) is 10.2 Å². The predicted octanol–water partition coefficient (Wildman–Crippen LogP) is 3.69. The van der Waals surface area contributed by atoms with Crippen molar-refractivity contribution in [2.24, 2.45) is 0 Å². The lowest BCUT2D eigenvalue weighted by Crippen LogP contribution is -2.32. The lowest BCUT2D eigenvalue weighted by atomic mass is 10.3. The van der Waals surface area contributed by atoms with Gasteiger partial charge < -0.3 is 10.6 Å². The lowest BCUT2D eigenvalue weighted by Gasteiger charge is -2.08. The van der Waals surface area contributed by atoms with Gasteiger partial charge in [-0.2, -0.15) is 0 Å². The van der Waals surface area contributed by atoms with E-state index in [1.54, 1.807) is 0 Å². The molecular weight excluding hydrogens is 340 g/mol. The monoisotopic (exact) mass is 354 g/mol. The smallest absolute Gasteiger partial charge is 0.233 e. The Balaban J connectivity index is 1.58. The molecule has 1 heterocycles. The van der Waals surface area contributed by atoms with Crippen LogP contribution in [0.15, 0.2) is 28.6 Å². The Morgan fingerprint density at radius 1 is 1.41 bits per heavy atom. The van der Waals surface area contributed by atoms with Gasteiger partial charge >= 0.3 is 0 Å². The predicted molar refractivity (Wildman–Crippen MR) is 91.1 cm³/mol. The number of nitrogens with zero attached hydrogens (tertiary/aromatic N) is 2. The molecule has 0 radical (unpaired) electrons. The van der Waals surface area contributed by atoms with Crippen LogP contribution in [0.5, 0.6) is 0 Å². The zero-order valence-corrected chi connectivity index (χ0v) is 14.3. The SMILES string of the molecule is C[C@H](Sc1nnc(Nc2ccccc2Cl)s1)C(=O)NC1CC1. The van der Waals surface area contributed by atoms with E-state index in [0.717, 1.165) is 22.9 Å². The van der Waals surface area contributed by atoms with Crippen LogP contribution in [0.25, 0.3) is 0 Å². The van der Waals surface area contributed by atoms with Gasteiger partial charge in [-0.1, -0.05) is 46.8 Å². The van der Waals surface area contributed by atoms with Crippen molar-refractivity contribution in [3.05, 3.63) is 29.3 Å². The highest BCUT2D eigenvalue weighted by atomic mass is 35.5. The minimum absolute atomic E-state index is 0.0586. The van der Waals surface area contributed by atoms with Crippen molar-refractivity contribution in [3.8, 4) is 0 Å². The molecule has 8 heteroatoms. The van der Waals surface area contributed by atoms with E-state index in [-0.39, 0.29) is 11.2 Å². The van der Waals surface area contributed by atoms with Gasteiger partial charge in [0.25, 0.3) is 0 Å². The van der Waals surface area contributed by atoms with E-state index >= 15 is 0 Å². The van der Waals surface area contributed by atoms with Crippen LogP contribution < -0.4 is 10.6 Å². The summed E-state index contributed by atoms with van der Waals surface area (Å²) in [7, 11) is 0. The minimum atomic E-state index is -0.179. The minimum Gasteiger partial charge on any atom is -0.352 e. The second-order valence-electron chi connectivity index (χ2n) is 5.02. The molecule has 5 nitrogen and oxygen atoms in total. The van der Waals surface area contributed by atoms with E-state index in [0.29, 0.717) is 16.2 Å². The molecule has 1 aliphatic carbocycles. The average Bonchev–Trinajstić information content (AvgIpc) is 3.20. The Morgan fingerprint density at radius 3 is 2.91 bits per heavy atom. The summed E-state index contributed by atoms with van der Waals surface area (Å²) in [5, 5.41) is 15.4. The van der Waals surface area contributed by atoms with Crippen molar-refractivity contribution < 1.29 is 4.79 Å². The third-order valence-corrected chi connectivity index (χ3v) is 5.44. The first-order chi connectivity index (χ1) is 10.6. The normalized spacial score (nSPS) is 15.4. The number of halogens is 1. The number of hydrogen-bond acceptors (Lipinski definition) is 6. The van der Waals surface area contributed by atoms with Crippen molar-refractivity contribution in [2.45, 2.75) is 35.4 Å². The molecule has 22 heavy (non-hydrogen) atoms. The van der Waals surface area contributed by atoms with E-state index in [1.165, 1.54) is 23.1 Å². The second-order valence-corrected chi connectivity index (χ2v) is 7.99. The van der Waals surface area contributed by atoms with Crippen LogP contribution in [0.1, 0.15) is 19.8 Å². The third kappa shape index (κ3) is 4.12. The summed E-state index contributed by atoms with van der Waals surface area (Å²) in [4.78, 5) is 11.9. The van der Waals surface area contributed by atoms with E-state index in [4.69, 9.17) is 11.6 Å². The molecule has 0 bridgehead atoms. The summed E-state index contributed by atoms with van der Waals surface area (Å²) in [5.74, 6) is 0.0586. The number of amides is 1. The standard InChI is InChI=1S/C14H15ClN4OS2/c1-8(12(20)16-9-6-7-9)21-14-19-18-13(22-14)17-11-5-3-2-4-10(11)15/h2-5,8-9H,6-7H2,1H3,(H,16,20)(H,17,18)/t8-/m0/s1. The van der Waals surface area contributed by atoms with Gasteiger partial charge in [-0.05, 0) is 31.9 Å². The highest BCUT2D eigenvalue weighted by Gasteiger charge is 2.26. The van der Waals surface area contributed by atoms with Crippen LogP contribution in [-0.2, 0) is 4.79 Å². The second kappa shape index (κ2) is 6.85. The number of aromatic nitrogens is 2. The van der Waals surface area contributed by atoms with E-state index < -0.39 is 0 Å². The Bertz CT molecular complexity index is 674. The lowest BCUT2D eigenvalue weighted by molar-refractivity contribution is -0.120. The highest BCUT2D eigenvalue weighted by molar-refractivity contribution is 8.02. The number of benzene rings is 1. The van der Waals surface area contributed by atoms with Crippen molar-refractivity contribution in [2.75, 3.05) is 5.32 Å². The van der Waals surface area contributed by atoms with Gasteiger partial charge in [0.05, 0.1) is 16.0 Å². The molecule has 0 unspecified atom stereocenters. The molecule has 1 aromatic heterocycles. The average molecular weight is 355 g/mol. The summed E-state index contributed by atoms with van der Waals surface area (Å²) in [6.07, 6.45) is 2.18. The van der Waals surface area contributed by atoms with E-state index in [2.05, 4.69) is 20.8 Å². The Labute approximate surface area is 141 Å². The molecule has 0 aliphatic heterocycles. The van der Waals surface area contributed by atoms with Gasteiger partial charge in [-0.25, -0.2) is 0 Å². The van der Waals surface area contributed by atoms with Gasteiger partial charge in [-0.3, -0.25) is 4.79 Å². The first-order valence-electron chi connectivity index (χ1n) is 6.94. The summed E-state index contributed by atoms with van der Waals surface area (Å²) < 4.78 is 0.757. The summed E-state index contributed by atoms with van der Waals surface area (Å²) in [6.45, 7) is 1.88. The summed E-state index contributed by atoms with van der Waals surface area (Å²) in [6, 6.07) is 7.83. The molecule has 1 fully saturated rings. The number of thioether (sulfide) groups is 1. The molecule has 116 valence electrons. The van der Waals surface area contributed by atoms with Gasteiger partial charge in [0.2, 0.25) is 11.0 Å². The number of carbonyl (C=O) groups excluding carboxylic acids is 1. The molecule has 0 saturated heterocycles. The van der Waals surface area contributed by atoms with Crippen LogP contribution in [0.4, 0.5) is 10.8 Å². The molecule has 1 saturated carbocycles. The molecule has 1 aliphatic rings. The molecule has 2 aromatic rings. The van der Waals surface area contributed by atoms with E-state index in [1.807, 2.05) is 31.2 Å². The van der Waals surface area contributed by atoms with Crippen molar-refractivity contribution in [1.82, 2.24) is 15.5 Å². The van der Waals surface area contributed by atoms with Crippen LogP contribution in [0, 0.1) is 0 Å². The Kier molecular flexibility index (Phi) is 4.85. The fourth-order valence-electron chi connectivity index (χ4n) is 1.74. The summed E-state index contributed by atoms with van der Waals surface area (Å²) in [5.41, 5.74) is 0.788. The van der Waals surface area contributed by atoms with Gasteiger partial charge in [0.15, 0.2) is 4.34 Å². The van der Waals surface area contributed by atoms with Crippen LogP contribution >= 0.6 is 34.7 Å². The Hall–Kier alpha value is -1.31. The molecule has 1 atom stereocenters. The number of para-hydroxylation sites is 1. The van der Waals surface area contributed by atoms with Crippen molar-refractivity contribution in [1.29, 1.82) is 0 Å². The molecular formula is C14H15ClN4OS2. The van der Waals surface area contributed by atoms with Crippen LogP contribution in [0.2, 0.25) is 5.02 Å². The fraction of sp³-hybridized carbons (Fsp3) is 0.357. The third-order valence-electron chi connectivity index (χ3n) is 3.09. The van der Waals surface area contributed by atoms with Crippen molar-refractivity contribution in [3.63, 3.8) is 0 Å². The van der Waals surface area contributed by atoms with E-state index in [9.17, 15) is 4.79 Å². The largest absolute Gasteiger partial charge is 0.352 e. The van der Waals surface area contributed by atoms with Crippen molar-refractivity contribution >= 4 is 51.4 Å². The number of carbonyl (C=O) groups is 1. The fourth-order valence-corrected chi connectivity index (χ4v) is 3.84. The summed E-state index contributed by atoms with van der Waals surface area (Å²) >= 11 is 8.92. The maximum Gasteiger partial charge on any atom is 0.233 e. The molecule has 1 amide bonds. The maximum atomic E-state index is 11.9. The first-order valence-corrected chi connectivity index (χ1v) is 9.01. The number of nitrogens with one attached hydrogen (secondary N) is 2. The Morgan fingerprint density at radius 2 is 2.18 bits per heavy atom. The first kappa shape index (κ1) is 15.6.